The van der Waals surface area contributed by atoms with Crippen LogP contribution in [0, 0.1) is 11.8 Å². The van der Waals surface area contributed by atoms with E-state index in [1.165, 1.54) is 4.90 Å². The van der Waals surface area contributed by atoms with Crippen LogP contribution in [0.5, 0.6) is 0 Å². The molecule has 3 atom stereocenters. The molecule has 0 radical (unpaired) electrons. The predicted octanol–water partition coefficient (Wildman–Crippen LogP) is 2.90. The van der Waals surface area contributed by atoms with Crippen LogP contribution in [0.15, 0.2) is 47.4 Å². The van der Waals surface area contributed by atoms with Crippen LogP contribution in [0.25, 0.3) is 0 Å². The zero-order valence-electron chi connectivity index (χ0n) is 9.41. The molecule has 2 nitrogen and oxygen atoms in total. The van der Waals surface area contributed by atoms with Crippen LogP contribution in [0.3, 0.4) is 0 Å². The van der Waals surface area contributed by atoms with Gasteiger partial charge >= 0.3 is 5.97 Å². The summed E-state index contributed by atoms with van der Waals surface area (Å²) in [4.78, 5) is 12.5. The molecular weight excluding hydrogens is 232 g/mol. The number of carbonyl (C=O) groups is 1. The number of benzene rings is 1. The van der Waals surface area contributed by atoms with E-state index in [0.717, 1.165) is 5.75 Å². The number of esters is 1. The summed E-state index contributed by atoms with van der Waals surface area (Å²) in [6, 6.07) is 10.4. The summed E-state index contributed by atoms with van der Waals surface area (Å²) in [5.41, 5.74) is 0. The lowest BCUT2D eigenvalue weighted by Crippen LogP contribution is -2.16. The minimum atomic E-state index is -0.0425. The SMILES string of the molecule is O=C1C[C@H]2[C@H](C=C[C@H]2CSc2ccccc2)O1. The molecule has 1 aromatic rings. The molecule has 1 aromatic carbocycles. The molecule has 0 aromatic heterocycles. The minimum Gasteiger partial charge on any atom is -0.458 e. The van der Waals surface area contributed by atoms with Gasteiger partial charge in [-0.15, -0.1) is 11.8 Å². The first-order chi connectivity index (χ1) is 8.33. The summed E-state index contributed by atoms with van der Waals surface area (Å²) >= 11 is 1.85. The Kier molecular flexibility index (Phi) is 2.93. The Balaban J connectivity index is 1.60. The largest absolute Gasteiger partial charge is 0.458 e. The zero-order valence-corrected chi connectivity index (χ0v) is 10.2. The van der Waals surface area contributed by atoms with E-state index < -0.39 is 0 Å². The highest BCUT2D eigenvalue weighted by Crippen LogP contribution is 2.38. The van der Waals surface area contributed by atoms with Gasteiger partial charge in [-0.1, -0.05) is 24.3 Å². The van der Waals surface area contributed by atoms with Crippen molar-refractivity contribution in [2.75, 3.05) is 5.75 Å². The highest BCUT2D eigenvalue weighted by Gasteiger charge is 2.41. The molecule has 1 fully saturated rings. The van der Waals surface area contributed by atoms with Gasteiger partial charge in [0.25, 0.3) is 0 Å². The number of fused-ring (bicyclic) bond motifs is 1. The number of carbonyl (C=O) groups excluding carboxylic acids is 1. The maximum absolute atomic E-state index is 11.2. The highest BCUT2D eigenvalue weighted by atomic mass is 32.2. The quantitative estimate of drug-likeness (QED) is 0.466. The smallest absolute Gasteiger partial charge is 0.306 e. The van der Waals surface area contributed by atoms with Crippen molar-refractivity contribution in [3.63, 3.8) is 0 Å². The lowest BCUT2D eigenvalue weighted by molar-refractivity contribution is -0.140. The zero-order chi connectivity index (χ0) is 11.7. The first kappa shape index (κ1) is 10.9. The molecule has 0 unspecified atom stereocenters. The van der Waals surface area contributed by atoms with Gasteiger partial charge in [0.15, 0.2) is 0 Å². The Bertz CT molecular complexity index is 441. The van der Waals surface area contributed by atoms with Crippen molar-refractivity contribution in [3.05, 3.63) is 42.5 Å². The molecule has 0 N–H and O–H groups in total. The van der Waals surface area contributed by atoms with Crippen LogP contribution in [0.2, 0.25) is 0 Å². The van der Waals surface area contributed by atoms with E-state index in [2.05, 4.69) is 30.3 Å². The standard InChI is InChI=1S/C14H14O2S/c15-14-8-12-10(6-7-13(12)16-14)9-17-11-4-2-1-3-5-11/h1-7,10,12-13H,8-9H2/t10-,12+,13-/m0/s1. The Morgan fingerprint density at radius 1 is 1.24 bits per heavy atom. The fraction of sp³-hybridized carbons (Fsp3) is 0.357. The van der Waals surface area contributed by atoms with Gasteiger partial charge in [-0.05, 0) is 24.1 Å². The van der Waals surface area contributed by atoms with Gasteiger partial charge in [0.05, 0.1) is 6.42 Å². The van der Waals surface area contributed by atoms with E-state index in [1.807, 2.05) is 23.9 Å². The number of rotatable bonds is 3. The molecule has 17 heavy (non-hydrogen) atoms. The average molecular weight is 246 g/mol. The lowest BCUT2D eigenvalue weighted by atomic mass is 9.94. The monoisotopic (exact) mass is 246 g/mol. The predicted molar refractivity (Wildman–Crippen MR) is 67.8 cm³/mol. The Labute approximate surface area is 105 Å². The molecule has 1 heterocycles. The van der Waals surface area contributed by atoms with Crippen LogP contribution in [0.1, 0.15) is 6.42 Å². The summed E-state index contributed by atoms with van der Waals surface area (Å²) in [7, 11) is 0. The Morgan fingerprint density at radius 2 is 2.06 bits per heavy atom. The van der Waals surface area contributed by atoms with Crippen molar-refractivity contribution in [3.8, 4) is 0 Å². The molecule has 88 valence electrons. The molecule has 0 amide bonds. The topological polar surface area (TPSA) is 26.3 Å². The van der Waals surface area contributed by atoms with E-state index in [-0.39, 0.29) is 12.1 Å². The number of hydrogen-bond donors (Lipinski definition) is 0. The van der Waals surface area contributed by atoms with E-state index in [4.69, 9.17) is 4.74 Å². The molecular formula is C14H14O2S. The molecule has 2 aliphatic rings. The highest BCUT2D eigenvalue weighted by molar-refractivity contribution is 7.99. The number of thioether (sulfide) groups is 1. The second-order valence-corrected chi connectivity index (χ2v) is 5.59. The van der Waals surface area contributed by atoms with Crippen LogP contribution in [-0.2, 0) is 9.53 Å². The van der Waals surface area contributed by atoms with Crippen LogP contribution in [-0.4, -0.2) is 17.8 Å². The van der Waals surface area contributed by atoms with Gasteiger partial charge in [0.1, 0.15) is 6.10 Å². The van der Waals surface area contributed by atoms with Crippen LogP contribution < -0.4 is 0 Å². The van der Waals surface area contributed by atoms with Gasteiger partial charge in [-0.3, -0.25) is 4.79 Å². The fourth-order valence-electron chi connectivity index (χ4n) is 2.46. The van der Waals surface area contributed by atoms with Crippen LogP contribution in [0.4, 0.5) is 0 Å². The summed E-state index contributed by atoms with van der Waals surface area (Å²) in [5, 5.41) is 0. The molecule has 1 aliphatic carbocycles. The average Bonchev–Trinajstić information content (AvgIpc) is 2.87. The van der Waals surface area contributed by atoms with Crippen molar-refractivity contribution in [1.82, 2.24) is 0 Å². The number of ether oxygens (including phenoxy) is 1. The van der Waals surface area contributed by atoms with Gasteiger partial charge < -0.3 is 4.74 Å². The van der Waals surface area contributed by atoms with E-state index in [1.54, 1.807) is 0 Å². The molecule has 3 heteroatoms. The van der Waals surface area contributed by atoms with Crippen LogP contribution >= 0.6 is 11.8 Å². The lowest BCUT2D eigenvalue weighted by Gasteiger charge is -2.15. The van der Waals surface area contributed by atoms with E-state index in [9.17, 15) is 4.79 Å². The maximum Gasteiger partial charge on any atom is 0.306 e. The second kappa shape index (κ2) is 4.57. The fourth-order valence-corrected chi connectivity index (χ4v) is 3.55. The minimum absolute atomic E-state index is 0.0425. The Morgan fingerprint density at radius 3 is 2.88 bits per heavy atom. The van der Waals surface area contributed by atoms with Gasteiger partial charge in [-0.25, -0.2) is 0 Å². The molecule has 0 spiro atoms. The van der Waals surface area contributed by atoms with Gasteiger partial charge in [-0.2, -0.15) is 0 Å². The number of allylic oxidation sites excluding steroid dienone is 1. The molecule has 0 saturated carbocycles. The second-order valence-electron chi connectivity index (χ2n) is 4.50. The summed E-state index contributed by atoms with van der Waals surface area (Å²) in [6.07, 6.45) is 4.88. The molecule has 1 saturated heterocycles. The number of hydrogen-bond acceptors (Lipinski definition) is 3. The van der Waals surface area contributed by atoms with Crippen molar-refractivity contribution >= 4 is 17.7 Å². The third-order valence-electron chi connectivity index (χ3n) is 3.38. The molecule has 1 aliphatic heterocycles. The van der Waals surface area contributed by atoms with E-state index >= 15 is 0 Å². The third kappa shape index (κ3) is 2.25. The van der Waals surface area contributed by atoms with Crippen molar-refractivity contribution in [1.29, 1.82) is 0 Å². The third-order valence-corrected chi connectivity index (χ3v) is 4.53. The summed E-state index contributed by atoms with van der Waals surface area (Å²) in [5.74, 6) is 1.83. The maximum atomic E-state index is 11.2. The first-order valence-corrected chi connectivity index (χ1v) is 6.87. The first-order valence-electron chi connectivity index (χ1n) is 5.88. The van der Waals surface area contributed by atoms with Gasteiger partial charge in [0, 0.05) is 16.6 Å². The summed E-state index contributed by atoms with van der Waals surface area (Å²) in [6.45, 7) is 0. The summed E-state index contributed by atoms with van der Waals surface area (Å²) < 4.78 is 5.23. The van der Waals surface area contributed by atoms with Crippen molar-refractivity contribution in [2.24, 2.45) is 11.8 Å². The van der Waals surface area contributed by atoms with Gasteiger partial charge in [0.2, 0.25) is 0 Å². The van der Waals surface area contributed by atoms with Crippen molar-refractivity contribution in [2.45, 2.75) is 17.4 Å². The normalized spacial score (nSPS) is 30.4. The van der Waals surface area contributed by atoms with Crippen molar-refractivity contribution < 1.29 is 9.53 Å². The molecule has 3 rings (SSSR count). The Hall–Kier alpha value is -1.22. The molecule has 0 bridgehead atoms. The van der Waals surface area contributed by atoms with E-state index in [0.29, 0.717) is 18.3 Å².